The van der Waals surface area contributed by atoms with E-state index in [9.17, 15) is 0 Å². The Hall–Kier alpha value is -3.15. The third-order valence-corrected chi connectivity index (χ3v) is 17.1. The molecule has 0 bridgehead atoms. The fourth-order valence-corrected chi connectivity index (χ4v) is 14.0. The number of piperidine rings is 1. The Kier molecular flexibility index (Phi) is 8.91. The number of anilines is 1. The Morgan fingerprint density at radius 3 is 2.32 bits per heavy atom. The van der Waals surface area contributed by atoms with Crippen molar-refractivity contribution in [3.8, 4) is 6.01 Å². The number of nitrogens with zero attached hydrogens (tertiary/aromatic N) is 5. The van der Waals surface area contributed by atoms with Gasteiger partial charge in [-0.05, 0) is 60.5 Å². The molecule has 4 fully saturated rings. The van der Waals surface area contributed by atoms with Gasteiger partial charge in [0.2, 0.25) is 0 Å². The molecule has 4 aliphatic rings. The second-order valence-corrected chi connectivity index (χ2v) is 20.4. The van der Waals surface area contributed by atoms with E-state index in [1.807, 2.05) is 0 Å². The topological polar surface area (TPSA) is 72.8 Å². The van der Waals surface area contributed by atoms with Crippen molar-refractivity contribution in [3.63, 3.8) is 0 Å². The first-order chi connectivity index (χ1) is 24.1. The lowest BCUT2D eigenvalue weighted by Gasteiger charge is -2.48. The van der Waals surface area contributed by atoms with Crippen LogP contribution in [0.15, 0.2) is 66.9 Å². The molecule has 0 amide bonds. The van der Waals surface area contributed by atoms with E-state index in [1.54, 1.807) is 6.20 Å². The fourth-order valence-electron chi connectivity index (χ4n) is 9.27. The van der Waals surface area contributed by atoms with E-state index in [2.05, 4.69) is 101 Å². The van der Waals surface area contributed by atoms with Crippen LogP contribution in [-0.2, 0) is 9.16 Å². The number of aromatic nitrogens is 3. The summed E-state index contributed by atoms with van der Waals surface area (Å²) in [5.41, 5.74) is -0.169. The number of halogens is 2. The number of hydrogen-bond donors (Lipinski definition) is 0. The molecular weight excluding hydrogens is 669 g/mol. The summed E-state index contributed by atoms with van der Waals surface area (Å²) < 4.78 is 35.4. The van der Waals surface area contributed by atoms with E-state index in [1.165, 1.54) is 10.4 Å². The molecule has 4 aromatic rings. The van der Waals surface area contributed by atoms with Gasteiger partial charge in [-0.3, -0.25) is 4.90 Å². The van der Waals surface area contributed by atoms with Crippen LogP contribution >= 0.6 is 11.6 Å². The SMILES string of the molecule is CC(C)(C)[Si](OC[C@H]1CC[C@@]2(COc3nc(N4CCC[C@@]5(CCO5)C4)c4cnc(Cl)c(F)c4n3)CCCN12)(c1ccccc1)c1ccccc1. The summed E-state index contributed by atoms with van der Waals surface area (Å²) in [6, 6.07) is 22.1. The van der Waals surface area contributed by atoms with Gasteiger partial charge in [0.1, 0.15) is 17.9 Å². The van der Waals surface area contributed by atoms with E-state index in [0.29, 0.717) is 31.0 Å². The number of fused-ring (bicyclic) bond motifs is 2. The summed E-state index contributed by atoms with van der Waals surface area (Å²) in [7, 11) is -2.67. The van der Waals surface area contributed by atoms with Crippen molar-refractivity contribution in [1.82, 2.24) is 19.9 Å². The van der Waals surface area contributed by atoms with Crippen molar-refractivity contribution >= 4 is 47.0 Å². The highest BCUT2D eigenvalue weighted by atomic mass is 35.5. The van der Waals surface area contributed by atoms with Gasteiger partial charge in [0, 0.05) is 31.7 Å². The lowest BCUT2D eigenvalue weighted by molar-refractivity contribution is -0.151. The van der Waals surface area contributed by atoms with Crippen LogP contribution < -0.4 is 20.0 Å². The zero-order valence-electron chi connectivity index (χ0n) is 29.3. The Balaban J connectivity index is 1.05. The van der Waals surface area contributed by atoms with Gasteiger partial charge in [-0.15, -0.1) is 0 Å². The van der Waals surface area contributed by atoms with Crippen LogP contribution in [0.25, 0.3) is 10.9 Å². The van der Waals surface area contributed by atoms with Crippen LogP contribution in [-0.4, -0.2) is 84.8 Å². The molecule has 6 heterocycles. The summed E-state index contributed by atoms with van der Waals surface area (Å²) >= 11 is 6.16. The smallest absolute Gasteiger partial charge is 0.319 e. The molecule has 0 N–H and O–H groups in total. The molecule has 2 aromatic carbocycles. The van der Waals surface area contributed by atoms with Crippen molar-refractivity contribution in [2.45, 2.75) is 87.9 Å². The summed E-state index contributed by atoms with van der Waals surface area (Å²) in [4.78, 5) is 18.4. The maximum Gasteiger partial charge on any atom is 0.319 e. The number of pyridine rings is 1. The quantitative estimate of drug-likeness (QED) is 0.143. The van der Waals surface area contributed by atoms with Gasteiger partial charge in [-0.1, -0.05) is 93.0 Å². The summed E-state index contributed by atoms with van der Waals surface area (Å²) in [5.74, 6) is -0.0160. The number of hydrogen-bond acceptors (Lipinski definition) is 8. The van der Waals surface area contributed by atoms with Gasteiger partial charge in [0.05, 0.1) is 29.7 Å². The molecule has 1 spiro atoms. The minimum atomic E-state index is -2.67. The first-order valence-corrected chi connectivity index (χ1v) is 20.5. The molecule has 50 heavy (non-hydrogen) atoms. The van der Waals surface area contributed by atoms with Crippen LogP contribution in [0, 0.1) is 5.82 Å². The Labute approximate surface area is 300 Å². The van der Waals surface area contributed by atoms with Crippen molar-refractivity contribution in [1.29, 1.82) is 0 Å². The zero-order valence-corrected chi connectivity index (χ0v) is 31.1. The molecule has 8 nitrogen and oxygen atoms in total. The molecule has 3 atom stereocenters. The maximum absolute atomic E-state index is 15.5. The number of benzene rings is 2. The summed E-state index contributed by atoms with van der Waals surface area (Å²) in [6.07, 6.45) is 8.73. The van der Waals surface area contributed by atoms with Gasteiger partial charge in [-0.2, -0.15) is 9.97 Å². The van der Waals surface area contributed by atoms with Crippen molar-refractivity contribution < 1.29 is 18.3 Å². The molecule has 264 valence electrons. The number of rotatable bonds is 9. The summed E-state index contributed by atoms with van der Waals surface area (Å²) in [5, 5.41) is 2.84. The highest BCUT2D eigenvalue weighted by molar-refractivity contribution is 6.99. The lowest BCUT2D eigenvalue weighted by atomic mass is 9.86. The molecule has 0 radical (unpaired) electrons. The van der Waals surface area contributed by atoms with E-state index >= 15 is 4.39 Å². The highest BCUT2D eigenvalue weighted by Crippen LogP contribution is 2.45. The Morgan fingerprint density at radius 2 is 1.66 bits per heavy atom. The van der Waals surface area contributed by atoms with Gasteiger partial charge in [0.15, 0.2) is 11.0 Å². The average molecular weight is 716 g/mol. The fraction of sp³-hybridized carbons (Fsp3) is 0.513. The predicted octanol–water partition coefficient (Wildman–Crippen LogP) is 6.53. The van der Waals surface area contributed by atoms with E-state index in [4.69, 9.17) is 30.5 Å². The minimum Gasteiger partial charge on any atom is -0.461 e. The molecule has 4 saturated heterocycles. The second-order valence-electron chi connectivity index (χ2n) is 15.7. The van der Waals surface area contributed by atoms with E-state index in [-0.39, 0.29) is 38.9 Å². The first kappa shape index (κ1) is 34.0. The lowest BCUT2D eigenvalue weighted by Crippen LogP contribution is -2.67. The zero-order chi connectivity index (χ0) is 34.6. The van der Waals surface area contributed by atoms with E-state index < -0.39 is 14.1 Å². The van der Waals surface area contributed by atoms with Crippen LogP contribution in [0.2, 0.25) is 10.2 Å². The average Bonchev–Trinajstić information content (AvgIpc) is 3.68. The third kappa shape index (κ3) is 5.81. The minimum absolute atomic E-state index is 0.0862. The molecule has 0 unspecified atom stereocenters. The molecule has 2 aromatic heterocycles. The van der Waals surface area contributed by atoms with E-state index in [0.717, 1.165) is 64.6 Å². The van der Waals surface area contributed by atoms with Crippen molar-refractivity contribution in [2.75, 3.05) is 44.4 Å². The largest absolute Gasteiger partial charge is 0.461 e. The maximum atomic E-state index is 15.5. The second kappa shape index (κ2) is 13.1. The van der Waals surface area contributed by atoms with Crippen LogP contribution in [0.1, 0.15) is 65.7 Å². The number of ether oxygens (including phenoxy) is 2. The molecule has 0 saturated carbocycles. The monoisotopic (exact) mass is 715 g/mol. The normalized spacial score (nSPS) is 25.6. The third-order valence-electron chi connectivity index (χ3n) is 11.8. The predicted molar refractivity (Wildman–Crippen MR) is 198 cm³/mol. The molecule has 4 aliphatic heterocycles. The van der Waals surface area contributed by atoms with Crippen molar-refractivity contribution in [3.05, 3.63) is 77.8 Å². The van der Waals surface area contributed by atoms with Gasteiger partial charge >= 0.3 is 6.01 Å². The van der Waals surface area contributed by atoms with Crippen LogP contribution in [0.3, 0.4) is 0 Å². The molecular formula is C39H47ClFN5O3Si. The van der Waals surface area contributed by atoms with Crippen LogP contribution in [0.5, 0.6) is 6.01 Å². The Morgan fingerprint density at radius 1 is 0.960 bits per heavy atom. The van der Waals surface area contributed by atoms with Gasteiger partial charge < -0.3 is 18.8 Å². The van der Waals surface area contributed by atoms with Crippen LogP contribution in [0.4, 0.5) is 10.2 Å². The Bertz CT molecular complexity index is 1800. The summed E-state index contributed by atoms with van der Waals surface area (Å²) in [6.45, 7) is 11.3. The highest BCUT2D eigenvalue weighted by Gasteiger charge is 2.54. The molecule has 8 rings (SSSR count). The molecule has 11 heteroatoms. The van der Waals surface area contributed by atoms with Crippen molar-refractivity contribution in [2.24, 2.45) is 0 Å². The van der Waals surface area contributed by atoms with Gasteiger partial charge in [0.25, 0.3) is 8.32 Å². The first-order valence-electron chi connectivity index (χ1n) is 18.2. The standard InChI is InChI=1S/C39H47ClFN5O3Si/c1-37(2,3)50(29-12-6-4-7-13-29,30-14-8-5-9-15-30)49-25-28-16-19-38(17-10-22-46(28)38)27-47-36-43-33-31(24-42-34(40)32(33)41)35(44-36)45-21-11-18-39(26-45)20-23-48-39/h4-9,12-15,24,28H,10-11,16-23,25-27H2,1-3H3/t28-,38-,39-/m1/s1. The molecule has 0 aliphatic carbocycles. The van der Waals surface area contributed by atoms with Gasteiger partial charge in [-0.25, -0.2) is 9.37 Å².